The van der Waals surface area contributed by atoms with Crippen LogP contribution in [0.5, 0.6) is 0 Å². The molecule has 32 heavy (non-hydrogen) atoms. The molecule has 5 heteroatoms. The zero-order valence-corrected chi connectivity index (χ0v) is 20.3. The number of Topliss-reactive ketones (excluding diaryl/α,β-unsaturated/α-hetero) is 1. The molecule has 180 valence electrons. The summed E-state index contributed by atoms with van der Waals surface area (Å²) in [7, 11) is 0. The van der Waals surface area contributed by atoms with Gasteiger partial charge >= 0.3 is 0 Å². The number of carbonyl (C=O) groups excluding carboxylic acids is 1. The fourth-order valence-corrected chi connectivity index (χ4v) is 10.0. The quantitative estimate of drug-likeness (QED) is 0.589. The highest BCUT2D eigenvalue weighted by Gasteiger charge is 2.73. The van der Waals surface area contributed by atoms with Crippen LogP contribution >= 0.6 is 0 Å². The molecular formula is C27H42O5. The van der Waals surface area contributed by atoms with E-state index in [4.69, 9.17) is 9.47 Å². The lowest BCUT2D eigenvalue weighted by molar-refractivity contribution is -0.273. The number of fused-ring (bicyclic) bond motifs is 7. The SMILES string of the molecule is C[C@@H]1CC[C@@]2(OC1)O[C@@H]1C[C@@H]3[C@@H]4CC[C@H]5C[C@@H](O)CC[C@]5(C)[C@H]4C(=O)[C@@H](O)[C@]3(C)[C@@H]1[C@@H]2C. The van der Waals surface area contributed by atoms with E-state index in [1.54, 1.807) is 0 Å². The highest BCUT2D eigenvalue weighted by Crippen LogP contribution is 2.70. The standard InChI is InChI=1S/C27H42O5/c1-14-7-10-27(31-13-14)15(2)21-20(32-27)12-19-18-6-5-16-11-17(28)8-9-25(16,3)22(18)23(29)24(30)26(19,21)4/h14-22,24,28,30H,5-13H2,1-4H3/t14-,15+,16+,17+,18+,19-,20-,21-,22-,24-,25+,26+,27-/m1/s1. The smallest absolute Gasteiger partial charge is 0.171 e. The Hall–Kier alpha value is -0.490. The van der Waals surface area contributed by atoms with Crippen molar-refractivity contribution in [3.05, 3.63) is 0 Å². The van der Waals surface area contributed by atoms with Crippen LogP contribution in [-0.2, 0) is 14.3 Å². The normalized spacial score (nSPS) is 61.8. The molecule has 2 N–H and O–H groups in total. The number of carbonyl (C=O) groups is 1. The highest BCUT2D eigenvalue weighted by molar-refractivity contribution is 5.88. The van der Waals surface area contributed by atoms with E-state index < -0.39 is 17.3 Å². The van der Waals surface area contributed by atoms with Gasteiger partial charge in [-0.2, -0.15) is 0 Å². The zero-order valence-electron chi connectivity index (χ0n) is 20.3. The van der Waals surface area contributed by atoms with Crippen LogP contribution in [0.2, 0.25) is 0 Å². The van der Waals surface area contributed by atoms with Gasteiger partial charge in [-0.1, -0.05) is 27.7 Å². The number of aliphatic hydroxyl groups excluding tert-OH is 2. The minimum Gasteiger partial charge on any atom is -0.393 e. The minimum atomic E-state index is -0.921. The largest absolute Gasteiger partial charge is 0.393 e. The Bertz CT molecular complexity index is 789. The molecule has 13 atom stereocenters. The highest BCUT2D eigenvalue weighted by atomic mass is 16.7. The first kappa shape index (κ1) is 22.0. The van der Waals surface area contributed by atoms with Gasteiger partial charge in [-0.05, 0) is 74.0 Å². The number of aliphatic hydroxyl groups is 2. The summed E-state index contributed by atoms with van der Waals surface area (Å²) in [5, 5.41) is 22.0. The first-order valence-corrected chi connectivity index (χ1v) is 13.3. The number of ether oxygens (including phenoxy) is 2. The number of ketones is 1. The molecule has 4 aliphatic carbocycles. The lowest BCUT2D eigenvalue weighted by atomic mass is 9.43. The number of rotatable bonds is 0. The third-order valence-corrected chi connectivity index (χ3v) is 11.8. The minimum absolute atomic E-state index is 0.0725. The van der Waals surface area contributed by atoms with Gasteiger partial charge in [0.25, 0.3) is 0 Å². The van der Waals surface area contributed by atoms with Crippen LogP contribution in [0.15, 0.2) is 0 Å². The molecule has 0 aromatic carbocycles. The predicted molar refractivity (Wildman–Crippen MR) is 120 cm³/mol. The van der Waals surface area contributed by atoms with Gasteiger partial charge in [-0.25, -0.2) is 0 Å². The molecular weight excluding hydrogens is 404 g/mol. The molecule has 5 nitrogen and oxygen atoms in total. The molecule has 4 saturated carbocycles. The van der Waals surface area contributed by atoms with Gasteiger partial charge in [0.05, 0.1) is 18.8 Å². The summed E-state index contributed by atoms with van der Waals surface area (Å²) in [6, 6.07) is 0. The molecule has 0 amide bonds. The van der Waals surface area contributed by atoms with E-state index in [9.17, 15) is 15.0 Å². The van der Waals surface area contributed by atoms with Gasteiger partial charge in [0.15, 0.2) is 11.6 Å². The average molecular weight is 447 g/mol. The van der Waals surface area contributed by atoms with E-state index in [-0.39, 0.29) is 41.2 Å². The lowest BCUT2D eigenvalue weighted by Gasteiger charge is -2.61. The van der Waals surface area contributed by atoms with Crippen molar-refractivity contribution in [3.8, 4) is 0 Å². The Morgan fingerprint density at radius 1 is 1.00 bits per heavy atom. The second-order valence-corrected chi connectivity index (χ2v) is 13.1. The van der Waals surface area contributed by atoms with E-state index in [1.165, 1.54) is 0 Å². The molecule has 6 rings (SSSR count). The summed E-state index contributed by atoms with van der Waals surface area (Å²) >= 11 is 0. The second kappa shape index (κ2) is 7.02. The Morgan fingerprint density at radius 2 is 1.78 bits per heavy atom. The molecule has 0 bridgehead atoms. The van der Waals surface area contributed by atoms with Gasteiger partial charge in [-0.15, -0.1) is 0 Å². The summed E-state index contributed by atoms with van der Waals surface area (Å²) in [5.74, 6) is 1.45. The van der Waals surface area contributed by atoms with Crippen LogP contribution in [0.3, 0.4) is 0 Å². The molecule has 6 fully saturated rings. The van der Waals surface area contributed by atoms with E-state index in [2.05, 4.69) is 27.7 Å². The number of hydrogen-bond donors (Lipinski definition) is 2. The molecule has 2 heterocycles. The van der Waals surface area contributed by atoms with Crippen LogP contribution in [0.25, 0.3) is 0 Å². The van der Waals surface area contributed by atoms with Crippen molar-refractivity contribution < 1.29 is 24.5 Å². The van der Waals surface area contributed by atoms with Crippen LogP contribution in [0, 0.1) is 52.3 Å². The first-order valence-electron chi connectivity index (χ1n) is 13.3. The van der Waals surface area contributed by atoms with Crippen LogP contribution < -0.4 is 0 Å². The topological polar surface area (TPSA) is 76.0 Å². The van der Waals surface area contributed by atoms with Gasteiger partial charge in [0.2, 0.25) is 0 Å². The fraction of sp³-hybridized carbons (Fsp3) is 0.963. The van der Waals surface area contributed by atoms with Gasteiger partial charge < -0.3 is 19.7 Å². The summed E-state index contributed by atoms with van der Waals surface area (Å²) < 4.78 is 13.1. The summed E-state index contributed by atoms with van der Waals surface area (Å²) in [4.78, 5) is 14.0. The number of hydrogen-bond acceptors (Lipinski definition) is 5. The molecule has 1 spiro atoms. The van der Waals surface area contributed by atoms with Gasteiger partial charge in [0, 0.05) is 29.6 Å². The molecule has 2 saturated heterocycles. The third kappa shape index (κ3) is 2.63. The maximum absolute atomic E-state index is 14.0. The van der Waals surface area contributed by atoms with Crippen molar-refractivity contribution in [1.29, 1.82) is 0 Å². The van der Waals surface area contributed by atoms with Gasteiger partial charge in [0.1, 0.15) is 6.10 Å². The van der Waals surface area contributed by atoms with Gasteiger partial charge in [-0.3, -0.25) is 4.79 Å². The molecule has 0 radical (unpaired) electrons. The molecule has 0 unspecified atom stereocenters. The average Bonchev–Trinajstić information content (AvgIpc) is 3.20. The van der Waals surface area contributed by atoms with Crippen LogP contribution in [0.1, 0.15) is 79.1 Å². The summed E-state index contributed by atoms with van der Waals surface area (Å²) in [6.45, 7) is 9.70. The van der Waals surface area contributed by atoms with Crippen molar-refractivity contribution in [1.82, 2.24) is 0 Å². The van der Waals surface area contributed by atoms with E-state index in [1.807, 2.05) is 0 Å². The molecule has 2 aliphatic heterocycles. The van der Waals surface area contributed by atoms with Crippen molar-refractivity contribution in [2.75, 3.05) is 6.61 Å². The maximum Gasteiger partial charge on any atom is 0.171 e. The van der Waals surface area contributed by atoms with Crippen molar-refractivity contribution in [2.45, 2.75) is 103 Å². The Labute approximate surface area is 192 Å². The Morgan fingerprint density at radius 3 is 2.50 bits per heavy atom. The van der Waals surface area contributed by atoms with E-state index in [0.29, 0.717) is 23.7 Å². The fourth-order valence-electron chi connectivity index (χ4n) is 10.0. The predicted octanol–water partition coefficient (Wildman–Crippen LogP) is 3.94. The van der Waals surface area contributed by atoms with Crippen LogP contribution in [-0.4, -0.2) is 46.7 Å². The Kier molecular flexibility index (Phi) is 4.83. The van der Waals surface area contributed by atoms with Crippen molar-refractivity contribution in [2.24, 2.45) is 52.3 Å². The van der Waals surface area contributed by atoms with E-state index >= 15 is 0 Å². The molecule has 0 aromatic rings. The first-order chi connectivity index (χ1) is 15.1. The van der Waals surface area contributed by atoms with Crippen molar-refractivity contribution in [3.63, 3.8) is 0 Å². The molecule has 0 aromatic heterocycles. The third-order valence-electron chi connectivity index (χ3n) is 11.8. The van der Waals surface area contributed by atoms with Crippen molar-refractivity contribution >= 4 is 5.78 Å². The zero-order chi connectivity index (χ0) is 22.6. The summed E-state index contributed by atoms with van der Waals surface area (Å²) in [6.07, 6.45) is 6.54. The van der Waals surface area contributed by atoms with E-state index in [0.717, 1.165) is 58.0 Å². The Balaban J connectivity index is 1.34. The monoisotopic (exact) mass is 446 g/mol. The second-order valence-electron chi connectivity index (χ2n) is 13.1. The lowest BCUT2D eigenvalue weighted by Crippen LogP contribution is -2.64. The maximum atomic E-state index is 14.0. The molecule has 6 aliphatic rings. The van der Waals surface area contributed by atoms with Crippen LogP contribution in [0.4, 0.5) is 0 Å². The summed E-state index contributed by atoms with van der Waals surface area (Å²) in [5.41, 5.74) is -0.523.